The van der Waals surface area contributed by atoms with Gasteiger partial charge in [-0.1, -0.05) is 30.0 Å². The van der Waals surface area contributed by atoms with Crippen LogP contribution in [0.2, 0.25) is 0 Å². The molecule has 0 aliphatic carbocycles. The maximum Gasteiger partial charge on any atom is 0.165 e. The van der Waals surface area contributed by atoms with Gasteiger partial charge < -0.3 is 10.8 Å². The SMILES string of the molecule is Cc1nc(N)c2nc(-c3cccc(C#CC(C)(O)c4ccccn4)c3)ccc2n1. The Morgan fingerprint density at radius 1 is 1.00 bits per heavy atom. The van der Waals surface area contributed by atoms with Crippen LogP contribution < -0.4 is 5.73 Å². The molecule has 1 unspecified atom stereocenters. The van der Waals surface area contributed by atoms with Gasteiger partial charge in [-0.2, -0.15) is 0 Å². The van der Waals surface area contributed by atoms with Gasteiger partial charge in [0.1, 0.15) is 11.3 Å². The Morgan fingerprint density at radius 3 is 2.66 bits per heavy atom. The summed E-state index contributed by atoms with van der Waals surface area (Å²) in [4.78, 5) is 17.4. The first-order valence-electron chi connectivity index (χ1n) is 9.11. The van der Waals surface area contributed by atoms with Crippen molar-refractivity contribution in [3.63, 3.8) is 0 Å². The van der Waals surface area contributed by atoms with Gasteiger partial charge in [0.15, 0.2) is 11.4 Å². The van der Waals surface area contributed by atoms with Crippen molar-refractivity contribution in [1.29, 1.82) is 0 Å². The zero-order valence-corrected chi connectivity index (χ0v) is 16.1. The van der Waals surface area contributed by atoms with Gasteiger partial charge in [-0.25, -0.2) is 15.0 Å². The number of aromatic nitrogens is 4. The third kappa shape index (κ3) is 3.91. The summed E-state index contributed by atoms with van der Waals surface area (Å²) in [5.41, 5.74) is 8.85. The molecule has 29 heavy (non-hydrogen) atoms. The molecular weight excluding hydrogens is 362 g/mol. The van der Waals surface area contributed by atoms with E-state index < -0.39 is 5.60 Å². The molecule has 6 heteroatoms. The largest absolute Gasteiger partial charge is 0.382 e. The fraction of sp³-hybridized carbons (Fsp3) is 0.130. The number of aryl methyl sites for hydroxylation is 1. The van der Waals surface area contributed by atoms with Crippen LogP contribution in [0, 0.1) is 18.8 Å². The van der Waals surface area contributed by atoms with Gasteiger partial charge >= 0.3 is 0 Å². The number of hydrogen-bond acceptors (Lipinski definition) is 6. The number of benzene rings is 1. The fourth-order valence-corrected chi connectivity index (χ4v) is 2.98. The van der Waals surface area contributed by atoms with Crippen LogP contribution in [-0.2, 0) is 5.60 Å². The van der Waals surface area contributed by atoms with Crippen LogP contribution in [0.5, 0.6) is 0 Å². The number of nitrogen functional groups attached to an aromatic ring is 1. The van der Waals surface area contributed by atoms with Crippen LogP contribution in [0.25, 0.3) is 22.3 Å². The van der Waals surface area contributed by atoms with Gasteiger partial charge in [0, 0.05) is 17.3 Å². The fourth-order valence-electron chi connectivity index (χ4n) is 2.98. The maximum absolute atomic E-state index is 10.6. The zero-order chi connectivity index (χ0) is 20.4. The Labute approximate surface area is 168 Å². The molecule has 3 N–H and O–H groups in total. The Morgan fingerprint density at radius 2 is 1.86 bits per heavy atom. The van der Waals surface area contributed by atoms with Crippen molar-refractivity contribution < 1.29 is 5.11 Å². The highest BCUT2D eigenvalue weighted by Gasteiger charge is 2.21. The van der Waals surface area contributed by atoms with E-state index in [2.05, 4.69) is 31.8 Å². The number of nitrogens with two attached hydrogens (primary N) is 1. The molecule has 0 saturated carbocycles. The minimum absolute atomic E-state index is 0.358. The molecular formula is C23H19N5O. The van der Waals surface area contributed by atoms with Gasteiger partial charge in [-0.3, -0.25) is 4.98 Å². The van der Waals surface area contributed by atoms with Crippen molar-refractivity contribution in [3.05, 3.63) is 77.9 Å². The van der Waals surface area contributed by atoms with Crippen molar-refractivity contribution in [2.24, 2.45) is 0 Å². The van der Waals surface area contributed by atoms with Crippen LogP contribution >= 0.6 is 0 Å². The predicted molar refractivity (Wildman–Crippen MR) is 113 cm³/mol. The first kappa shape index (κ1) is 18.5. The smallest absolute Gasteiger partial charge is 0.165 e. The number of nitrogens with zero attached hydrogens (tertiary/aromatic N) is 4. The normalized spacial score (nSPS) is 12.8. The quantitative estimate of drug-likeness (QED) is 0.517. The van der Waals surface area contributed by atoms with Crippen LogP contribution in [0.3, 0.4) is 0 Å². The lowest BCUT2D eigenvalue weighted by Crippen LogP contribution is -2.19. The zero-order valence-electron chi connectivity index (χ0n) is 16.1. The molecule has 0 bridgehead atoms. The number of anilines is 1. The van der Waals surface area contributed by atoms with Crippen LogP contribution in [0.15, 0.2) is 60.8 Å². The highest BCUT2D eigenvalue weighted by molar-refractivity contribution is 5.86. The monoisotopic (exact) mass is 381 g/mol. The van der Waals surface area contributed by atoms with E-state index in [1.54, 1.807) is 32.2 Å². The van der Waals surface area contributed by atoms with Gasteiger partial charge in [-0.05, 0) is 50.2 Å². The van der Waals surface area contributed by atoms with E-state index in [0.29, 0.717) is 28.4 Å². The lowest BCUT2D eigenvalue weighted by atomic mass is 10.0. The van der Waals surface area contributed by atoms with E-state index in [4.69, 9.17) is 5.73 Å². The van der Waals surface area contributed by atoms with Crippen molar-refractivity contribution >= 4 is 16.9 Å². The summed E-state index contributed by atoms with van der Waals surface area (Å²) in [5.74, 6) is 6.90. The van der Waals surface area contributed by atoms with Gasteiger partial charge in [-0.15, -0.1) is 0 Å². The molecule has 1 aromatic carbocycles. The summed E-state index contributed by atoms with van der Waals surface area (Å²) < 4.78 is 0. The predicted octanol–water partition coefficient (Wildman–Crippen LogP) is 3.24. The molecule has 3 heterocycles. The van der Waals surface area contributed by atoms with Gasteiger partial charge in [0.2, 0.25) is 0 Å². The second kappa shape index (κ2) is 7.30. The summed E-state index contributed by atoms with van der Waals surface area (Å²) in [6.07, 6.45) is 1.63. The Kier molecular flexibility index (Phi) is 4.67. The lowest BCUT2D eigenvalue weighted by molar-refractivity contribution is 0.117. The van der Waals surface area contributed by atoms with E-state index >= 15 is 0 Å². The van der Waals surface area contributed by atoms with Crippen molar-refractivity contribution in [2.75, 3.05) is 5.73 Å². The number of hydrogen-bond donors (Lipinski definition) is 2. The number of pyridine rings is 2. The molecule has 0 amide bonds. The Hall–Kier alpha value is -3.82. The van der Waals surface area contributed by atoms with Gasteiger partial charge in [0.05, 0.1) is 16.9 Å². The Bertz CT molecular complexity index is 1260. The van der Waals surface area contributed by atoms with Crippen LogP contribution in [0.1, 0.15) is 24.0 Å². The third-order valence-electron chi connectivity index (χ3n) is 4.45. The summed E-state index contributed by atoms with van der Waals surface area (Å²) in [6.45, 7) is 3.42. The van der Waals surface area contributed by atoms with Crippen LogP contribution in [0.4, 0.5) is 5.82 Å². The number of aliphatic hydroxyl groups is 1. The van der Waals surface area contributed by atoms with Crippen molar-refractivity contribution in [2.45, 2.75) is 19.4 Å². The van der Waals surface area contributed by atoms with E-state index in [9.17, 15) is 5.11 Å². The molecule has 0 spiro atoms. The molecule has 0 aliphatic heterocycles. The summed E-state index contributed by atoms with van der Waals surface area (Å²) in [7, 11) is 0. The number of fused-ring (bicyclic) bond motifs is 1. The first-order valence-corrected chi connectivity index (χ1v) is 9.11. The van der Waals surface area contributed by atoms with E-state index in [0.717, 1.165) is 16.8 Å². The molecule has 4 aromatic rings. The van der Waals surface area contributed by atoms with E-state index in [-0.39, 0.29) is 0 Å². The van der Waals surface area contributed by atoms with Crippen LogP contribution in [-0.4, -0.2) is 25.0 Å². The molecule has 0 saturated heterocycles. The Balaban J connectivity index is 1.69. The average molecular weight is 381 g/mol. The molecule has 142 valence electrons. The maximum atomic E-state index is 10.6. The average Bonchev–Trinajstić information content (AvgIpc) is 2.73. The lowest BCUT2D eigenvalue weighted by Gasteiger charge is -2.14. The summed E-state index contributed by atoms with van der Waals surface area (Å²) in [6, 6.07) is 16.8. The first-order chi connectivity index (χ1) is 13.9. The second-order valence-corrected chi connectivity index (χ2v) is 6.84. The minimum atomic E-state index is -1.35. The third-order valence-corrected chi connectivity index (χ3v) is 4.45. The molecule has 4 rings (SSSR count). The van der Waals surface area contributed by atoms with Crippen molar-refractivity contribution in [3.8, 4) is 23.1 Å². The van der Waals surface area contributed by atoms with Crippen molar-refractivity contribution in [1.82, 2.24) is 19.9 Å². The number of rotatable bonds is 2. The molecule has 1 atom stereocenters. The summed E-state index contributed by atoms with van der Waals surface area (Å²) in [5, 5.41) is 10.6. The second-order valence-electron chi connectivity index (χ2n) is 6.84. The highest BCUT2D eigenvalue weighted by atomic mass is 16.3. The molecule has 3 aromatic heterocycles. The summed E-state index contributed by atoms with van der Waals surface area (Å²) >= 11 is 0. The van der Waals surface area contributed by atoms with Gasteiger partial charge in [0.25, 0.3) is 0 Å². The van der Waals surface area contributed by atoms with E-state index in [1.165, 1.54) is 0 Å². The minimum Gasteiger partial charge on any atom is -0.382 e. The molecule has 0 fully saturated rings. The standard InChI is InChI=1S/C23H19N5O/c1-15-26-19-10-9-18(28-21(19)22(24)27-15)17-7-5-6-16(14-17)11-12-23(2,29)20-8-3-4-13-25-20/h3-10,13-14,29H,1-2H3,(H2,24,26,27). The van der Waals surface area contributed by atoms with E-state index in [1.807, 2.05) is 42.5 Å². The molecule has 6 nitrogen and oxygen atoms in total. The molecule has 0 aliphatic rings. The molecule has 0 radical (unpaired) electrons. The highest BCUT2D eigenvalue weighted by Crippen LogP contribution is 2.23. The topological polar surface area (TPSA) is 97.8 Å².